The van der Waals surface area contributed by atoms with Crippen LogP contribution in [0.5, 0.6) is 5.75 Å². The van der Waals surface area contributed by atoms with E-state index in [4.69, 9.17) is 9.84 Å². The van der Waals surface area contributed by atoms with E-state index in [1.54, 1.807) is 24.3 Å². The van der Waals surface area contributed by atoms with E-state index in [2.05, 4.69) is 5.32 Å². The average molecular weight is 279 g/mol. The van der Waals surface area contributed by atoms with E-state index < -0.39 is 17.9 Å². The highest BCUT2D eigenvalue weighted by atomic mass is 16.5. The number of aliphatic carboxylic acids is 1. The van der Waals surface area contributed by atoms with Gasteiger partial charge in [0.1, 0.15) is 11.8 Å². The van der Waals surface area contributed by atoms with E-state index in [0.29, 0.717) is 24.3 Å². The molecule has 0 aliphatic carbocycles. The summed E-state index contributed by atoms with van der Waals surface area (Å²) in [7, 11) is 0. The minimum atomic E-state index is -1.01. The molecule has 1 aromatic rings. The first-order valence-electron chi connectivity index (χ1n) is 6.85. The summed E-state index contributed by atoms with van der Waals surface area (Å²) in [4.78, 5) is 23.3. The highest BCUT2D eigenvalue weighted by Gasteiger charge is 2.21. The number of amides is 1. The number of carboxylic acid groups (broad SMARTS) is 1. The van der Waals surface area contributed by atoms with E-state index in [1.807, 2.05) is 13.8 Å². The zero-order valence-electron chi connectivity index (χ0n) is 11.9. The molecule has 0 spiro atoms. The third-order valence-electron chi connectivity index (χ3n) is 2.88. The van der Waals surface area contributed by atoms with Gasteiger partial charge in [0, 0.05) is 0 Å². The molecule has 1 amide bonds. The summed E-state index contributed by atoms with van der Waals surface area (Å²) in [5.41, 5.74) is 0.358. The van der Waals surface area contributed by atoms with Crippen LogP contribution in [0.25, 0.3) is 0 Å². The van der Waals surface area contributed by atoms with Crippen LogP contribution in [0.1, 0.15) is 43.5 Å². The van der Waals surface area contributed by atoms with E-state index in [-0.39, 0.29) is 0 Å². The van der Waals surface area contributed by atoms with Crippen molar-refractivity contribution >= 4 is 11.9 Å². The fraction of sp³-hybridized carbons (Fsp3) is 0.467. The first-order chi connectivity index (χ1) is 9.60. The molecule has 0 aliphatic heterocycles. The molecule has 0 aliphatic rings. The van der Waals surface area contributed by atoms with Gasteiger partial charge < -0.3 is 15.2 Å². The Morgan fingerprint density at radius 1 is 1.30 bits per heavy atom. The third-order valence-corrected chi connectivity index (χ3v) is 2.88. The number of ether oxygens (including phenoxy) is 1. The monoisotopic (exact) mass is 279 g/mol. The molecule has 0 radical (unpaired) electrons. The molecule has 0 saturated heterocycles. The van der Waals surface area contributed by atoms with Crippen LogP contribution in [0.2, 0.25) is 0 Å². The normalized spacial score (nSPS) is 11.7. The van der Waals surface area contributed by atoms with Gasteiger partial charge in [-0.2, -0.15) is 0 Å². The number of para-hydroxylation sites is 1. The second-order valence-electron chi connectivity index (χ2n) is 4.44. The largest absolute Gasteiger partial charge is 0.493 e. The van der Waals surface area contributed by atoms with Crippen LogP contribution < -0.4 is 10.1 Å². The van der Waals surface area contributed by atoms with Gasteiger partial charge in [-0.05, 0) is 25.5 Å². The van der Waals surface area contributed by atoms with Crippen molar-refractivity contribution in [2.24, 2.45) is 0 Å². The van der Waals surface area contributed by atoms with Crippen molar-refractivity contribution in [3.63, 3.8) is 0 Å². The number of benzene rings is 1. The molecule has 20 heavy (non-hydrogen) atoms. The van der Waals surface area contributed by atoms with Crippen LogP contribution in [0, 0.1) is 0 Å². The number of nitrogens with one attached hydrogen (secondary N) is 1. The maximum Gasteiger partial charge on any atom is 0.326 e. The fourth-order valence-electron chi connectivity index (χ4n) is 1.84. The standard InChI is InChI=1S/C15H21NO4/c1-3-5-9-12(15(18)19)16-14(17)11-8-6-7-10-13(11)20-4-2/h6-8,10,12H,3-5,9H2,1-2H3,(H,16,17)(H,18,19). The third kappa shape index (κ3) is 4.57. The lowest BCUT2D eigenvalue weighted by Gasteiger charge is -2.15. The van der Waals surface area contributed by atoms with E-state index in [0.717, 1.165) is 12.8 Å². The Morgan fingerprint density at radius 2 is 2.00 bits per heavy atom. The van der Waals surface area contributed by atoms with Gasteiger partial charge in [-0.25, -0.2) is 4.79 Å². The second kappa shape index (κ2) is 8.19. The van der Waals surface area contributed by atoms with Crippen molar-refractivity contribution < 1.29 is 19.4 Å². The number of hydrogen-bond donors (Lipinski definition) is 2. The van der Waals surface area contributed by atoms with E-state index >= 15 is 0 Å². The van der Waals surface area contributed by atoms with E-state index in [9.17, 15) is 9.59 Å². The predicted octanol–water partition coefficient (Wildman–Crippen LogP) is 2.46. The maximum absolute atomic E-state index is 12.2. The van der Waals surface area contributed by atoms with E-state index in [1.165, 1.54) is 0 Å². The van der Waals surface area contributed by atoms with Gasteiger partial charge in [-0.1, -0.05) is 31.9 Å². The number of rotatable bonds is 8. The Bertz CT molecular complexity index is 459. The molecule has 1 aromatic carbocycles. The Morgan fingerprint density at radius 3 is 2.60 bits per heavy atom. The molecular formula is C15H21NO4. The first kappa shape index (κ1) is 16.0. The Balaban J connectivity index is 2.80. The van der Waals surface area contributed by atoms with Gasteiger partial charge in [0.2, 0.25) is 0 Å². The SMILES string of the molecule is CCCCC(NC(=O)c1ccccc1OCC)C(=O)O. The molecule has 1 atom stereocenters. The molecule has 1 rings (SSSR count). The van der Waals surface area contributed by atoms with Crippen LogP contribution in [0.4, 0.5) is 0 Å². The summed E-state index contributed by atoms with van der Waals surface area (Å²) in [5, 5.41) is 11.7. The lowest BCUT2D eigenvalue weighted by molar-refractivity contribution is -0.139. The van der Waals surface area contributed by atoms with Crippen molar-refractivity contribution in [2.75, 3.05) is 6.61 Å². The van der Waals surface area contributed by atoms with Crippen LogP contribution in [0.3, 0.4) is 0 Å². The smallest absolute Gasteiger partial charge is 0.326 e. The minimum absolute atomic E-state index is 0.358. The van der Waals surface area contributed by atoms with Crippen LogP contribution in [0.15, 0.2) is 24.3 Å². The zero-order valence-corrected chi connectivity index (χ0v) is 11.9. The molecule has 0 bridgehead atoms. The highest BCUT2D eigenvalue weighted by Crippen LogP contribution is 2.18. The zero-order chi connectivity index (χ0) is 15.0. The highest BCUT2D eigenvalue weighted by molar-refractivity contribution is 5.98. The number of carboxylic acids is 1. The molecule has 0 saturated carbocycles. The molecule has 5 heteroatoms. The Hall–Kier alpha value is -2.04. The molecule has 0 fully saturated rings. The number of unbranched alkanes of at least 4 members (excludes halogenated alkanes) is 1. The lowest BCUT2D eigenvalue weighted by Crippen LogP contribution is -2.40. The van der Waals surface area contributed by atoms with Crippen molar-refractivity contribution in [3.05, 3.63) is 29.8 Å². The summed E-state index contributed by atoms with van der Waals surface area (Å²) in [5.74, 6) is -0.967. The Labute approximate surface area is 118 Å². The average Bonchev–Trinajstić information content (AvgIpc) is 2.43. The van der Waals surface area contributed by atoms with Gasteiger partial charge in [-0.3, -0.25) is 4.79 Å². The summed E-state index contributed by atoms with van der Waals surface area (Å²) in [6.45, 7) is 4.25. The fourth-order valence-corrected chi connectivity index (χ4v) is 1.84. The molecule has 5 nitrogen and oxygen atoms in total. The number of carbonyl (C=O) groups is 2. The van der Waals surface area contributed by atoms with Crippen LogP contribution in [-0.4, -0.2) is 29.6 Å². The topological polar surface area (TPSA) is 75.6 Å². The first-order valence-corrected chi connectivity index (χ1v) is 6.85. The Kier molecular flexibility index (Phi) is 6.56. The summed E-state index contributed by atoms with van der Waals surface area (Å²) in [6, 6.07) is 5.95. The van der Waals surface area contributed by atoms with Crippen LogP contribution in [-0.2, 0) is 4.79 Å². The minimum Gasteiger partial charge on any atom is -0.493 e. The summed E-state index contributed by atoms with van der Waals surface area (Å²) in [6.07, 6.45) is 2.06. The quantitative estimate of drug-likeness (QED) is 0.766. The molecular weight excluding hydrogens is 258 g/mol. The maximum atomic E-state index is 12.2. The molecule has 2 N–H and O–H groups in total. The summed E-state index contributed by atoms with van der Waals surface area (Å²) >= 11 is 0. The van der Waals surface area contributed by atoms with Crippen molar-refractivity contribution in [2.45, 2.75) is 39.2 Å². The molecule has 110 valence electrons. The second-order valence-corrected chi connectivity index (χ2v) is 4.44. The van der Waals surface area contributed by atoms with Gasteiger partial charge >= 0.3 is 5.97 Å². The van der Waals surface area contributed by atoms with Gasteiger partial charge in [-0.15, -0.1) is 0 Å². The van der Waals surface area contributed by atoms with Gasteiger partial charge in [0.15, 0.2) is 0 Å². The number of carbonyl (C=O) groups excluding carboxylic acids is 1. The predicted molar refractivity (Wildman–Crippen MR) is 76.0 cm³/mol. The van der Waals surface area contributed by atoms with Gasteiger partial charge in [0.25, 0.3) is 5.91 Å². The van der Waals surface area contributed by atoms with Crippen molar-refractivity contribution in [1.82, 2.24) is 5.32 Å². The van der Waals surface area contributed by atoms with Crippen LogP contribution >= 0.6 is 0 Å². The molecule has 1 unspecified atom stereocenters. The number of hydrogen-bond acceptors (Lipinski definition) is 3. The molecule has 0 aromatic heterocycles. The lowest BCUT2D eigenvalue weighted by atomic mass is 10.1. The van der Waals surface area contributed by atoms with Crippen molar-refractivity contribution in [3.8, 4) is 5.75 Å². The van der Waals surface area contributed by atoms with Crippen molar-refractivity contribution in [1.29, 1.82) is 0 Å². The summed E-state index contributed by atoms with van der Waals surface area (Å²) < 4.78 is 5.37. The molecule has 0 heterocycles. The van der Waals surface area contributed by atoms with Gasteiger partial charge in [0.05, 0.1) is 12.2 Å².